The summed E-state index contributed by atoms with van der Waals surface area (Å²) in [7, 11) is 0. The molecular formula is C24H28N4O2. The minimum atomic E-state index is -0.208. The van der Waals surface area contributed by atoms with Crippen molar-refractivity contribution in [2.24, 2.45) is 0 Å². The van der Waals surface area contributed by atoms with Crippen LogP contribution in [0, 0.1) is 6.92 Å². The Hall–Kier alpha value is -3.15. The Balaban J connectivity index is 1.67. The van der Waals surface area contributed by atoms with Crippen LogP contribution in [0.1, 0.15) is 55.2 Å². The van der Waals surface area contributed by atoms with E-state index in [0.717, 1.165) is 42.7 Å². The molecule has 1 heterocycles. The molecule has 30 heavy (non-hydrogen) atoms. The van der Waals surface area contributed by atoms with E-state index in [1.54, 1.807) is 4.68 Å². The minimum Gasteiger partial charge on any atom is -0.494 e. The molecule has 1 amide bonds. The first-order chi connectivity index (χ1) is 14.6. The van der Waals surface area contributed by atoms with Crippen molar-refractivity contribution in [3.05, 3.63) is 59.9 Å². The maximum atomic E-state index is 12.9. The zero-order valence-electron chi connectivity index (χ0n) is 17.6. The molecule has 1 fully saturated rings. The van der Waals surface area contributed by atoms with Crippen LogP contribution in [0.4, 0.5) is 0 Å². The Kier molecular flexibility index (Phi) is 6.12. The van der Waals surface area contributed by atoms with Gasteiger partial charge < -0.3 is 10.1 Å². The second-order valence-electron chi connectivity index (χ2n) is 7.77. The fourth-order valence-corrected chi connectivity index (χ4v) is 3.82. The molecule has 1 saturated carbocycles. The topological polar surface area (TPSA) is 69.0 Å². The number of amides is 1. The lowest BCUT2D eigenvalue weighted by Crippen LogP contribution is -2.36. The first kappa shape index (κ1) is 20.1. The van der Waals surface area contributed by atoms with Gasteiger partial charge in [0.1, 0.15) is 5.75 Å². The molecule has 3 aromatic rings. The average Bonchev–Trinajstić information content (AvgIpc) is 3.21. The summed E-state index contributed by atoms with van der Waals surface area (Å²) in [5.74, 6) is 1.44. The summed E-state index contributed by atoms with van der Waals surface area (Å²) in [4.78, 5) is 17.5. The van der Waals surface area contributed by atoms with Gasteiger partial charge in [0.2, 0.25) is 5.82 Å². The van der Waals surface area contributed by atoms with Crippen LogP contribution < -0.4 is 10.1 Å². The molecule has 0 unspecified atom stereocenters. The zero-order chi connectivity index (χ0) is 20.9. The maximum absolute atomic E-state index is 12.9. The van der Waals surface area contributed by atoms with Gasteiger partial charge in [0, 0.05) is 11.6 Å². The Morgan fingerprint density at radius 3 is 2.43 bits per heavy atom. The number of benzene rings is 2. The number of carbonyl (C=O) groups is 1. The average molecular weight is 405 g/mol. The third kappa shape index (κ3) is 4.53. The smallest absolute Gasteiger partial charge is 0.291 e. The predicted octanol–water partition coefficient (Wildman–Crippen LogP) is 4.70. The van der Waals surface area contributed by atoms with E-state index < -0.39 is 0 Å². The highest BCUT2D eigenvalue weighted by Crippen LogP contribution is 2.24. The largest absolute Gasteiger partial charge is 0.494 e. The van der Waals surface area contributed by atoms with Crippen molar-refractivity contribution in [3.8, 4) is 22.8 Å². The van der Waals surface area contributed by atoms with Crippen LogP contribution in [0.3, 0.4) is 0 Å². The van der Waals surface area contributed by atoms with E-state index in [4.69, 9.17) is 4.74 Å². The van der Waals surface area contributed by atoms with Crippen molar-refractivity contribution in [2.75, 3.05) is 6.61 Å². The van der Waals surface area contributed by atoms with Crippen LogP contribution in [-0.2, 0) is 0 Å². The van der Waals surface area contributed by atoms with Crippen LogP contribution in [0.5, 0.6) is 5.75 Å². The van der Waals surface area contributed by atoms with E-state index in [1.807, 2.05) is 62.4 Å². The van der Waals surface area contributed by atoms with Gasteiger partial charge >= 0.3 is 0 Å². The molecule has 1 N–H and O–H groups in total. The minimum absolute atomic E-state index is 0.199. The van der Waals surface area contributed by atoms with Crippen molar-refractivity contribution in [1.29, 1.82) is 0 Å². The van der Waals surface area contributed by atoms with Crippen LogP contribution in [0.2, 0.25) is 0 Å². The summed E-state index contributed by atoms with van der Waals surface area (Å²) in [5.41, 5.74) is 2.91. The molecule has 0 saturated heterocycles. The molecule has 1 aromatic heterocycles. The number of nitrogens with one attached hydrogen (secondary N) is 1. The molecule has 2 aromatic carbocycles. The summed E-state index contributed by atoms with van der Waals surface area (Å²) < 4.78 is 7.28. The van der Waals surface area contributed by atoms with Gasteiger partial charge in [0.05, 0.1) is 12.3 Å². The molecule has 0 bridgehead atoms. The number of carbonyl (C=O) groups excluding carboxylic acids is 1. The molecule has 4 rings (SSSR count). The van der Waals surface area contributed by atoms with Gasteiger partial charge in [-0.05, 0) is 51.0 Å². The molecule has 1 aliphatic carbocycles. The highest BCUT2D eigenvalue weighted by Gasteiger charge is 2.22. The second kappa shape index (κ2) is 9.11. The van der Waals surface area contributed by atoms with Crippen molar-refractivity contribution >= 4 is 5.91 Å². The third-order valence-corrected chi connectivity index (χ3v) is 5.45. The van der Waals surface area contributed by atoms with E-state index in [2.05, 4.69) is 15.4 Å². The lowest BCUT2D eigenvalue weighted by atomic mass is 9.95. The SMILES string of the molecule is CCOc1ccc(-n2nc(C(=O)NC3CCCCC3)nc2-c2ccc(C)cc2)cc1. The van der Waals surface area contributed by atoms with Crippen LogP contribution in [0.15, 0.2) is 48.5 Å². The highest BCUT2D eigenvalue weighted by atomic mass is 16.5. The summed E-state index contributed by atoms with van der Waals surface area (Å²) in [6.45, 7) is 4.62. The van der Waals surface area contributed by atoms with Gasteiger partial charge in [-0.15, -0.1) is 5.10 Å². The normalized spacial score (nSPS) is 14.5. The number of nitrogens with zero attached hydrogens (tertiary/aromatic N) is 3. The first-order valence-corrected chi connectivity index (χ1v) is 10.7. The molecule has 0 atom stereocenters. The van der Waals surface area contributed by atoms with Crippen LogP contribution in [0.25, 0.3) is 17.1 Å². The number of ether oxygens (including phenoxy) is 1. The third-order valence-electron chi connectivity index (χ3n) is 5.45. The number of hydrogen-bond donors (Lipinski definition) is 1. The molecule has 0 radical (unpaired) electrons. The van der Waals surface area contributed by atoms with E-state index in [1.165, 1.54) is 12.0 Å². The highest BCUT2D eigenvalue weighted by molar-refractivity contribution is 5.91. The lowest BCUT2D eigenvalue weighted by Gasteiger charge is -2.21. The fraction of sp³-hybridized carbons (Fsp3) is 0.375. The Labute approximate surface area is 177 Å². The van der Waals surface area contributed by atoms with Crippen LogP contribution in [-0.4, -0.2) is 33.3 Å². The number of aryl methyl sites for hydroxylation is 1. The van der Waals surface area contributed by atoms with Crippen molar-refractivity contribution in [1.82, 2.24) is 20.1 Å². The van der Waals surface area contributed by atoms with Gasteiger partial charge in [-0.2, -0.15) is 0 Å². The van der Waals surface area contributed by atoms with Gasteiger partial charge in [0.25, 0.3) is 5.91 Å². The fourth-order valence-electron chi connectivity index (χ4n) is 3.82. The zero-order valence-corrected chi connectivity index (χ0v) is 17.6. The van der Waals surface area contributed by atoms with Gasteiger partial charge in [-0.1, -0.05) is 49.1 Å². The molecular weight excluding hydrogens is 376 g/mol. The molecule has 6 heteroatoms. The molecule has 156 valence electrons. The van der Waals surface area contributed by atoms with Gasteiger partial charge in [-0.3, -0.25) is 4.79 Å². The van der Waals surface area contributed by atoms with Gasteiger partial charge in [-0.25, -0.2) is 9.67 Å². The Bertz CT molecular complexity index is 987. The summed E-state index contributed by atoms with van der Waals surface area (Å²) in [6, 6.07) is 16.0. The number of hydrogen-bond acceptors (Lipinski definition) is 4. The van der Waals surface area contributed by atoms with E-state index in [9.17, 15) is 4.79 Å². The van der Waals surface area contributed by atoms with Crippen molar-refractivity contribution in [3.63, 3.8) is 0 Å². The molecule has 1 aliphatic rings. The summed E-state index contributed by atoms with van der Waals surface area (Å²) in [6.07, 6.45) is 5.61. The van der Waals surface area contributed by atoms with Gasteiger partial charge in [0.15, 0.2) is 5.82 Å². The van der Waals surface area contributed by atoms with E-state index >= 15 is 0 Å². The predicted molar refractivity (Wildman–Crippen MR) is 117 cm³/mol. The summed E-state index contributed by atoms with van der Waals surface area (Å²) >= 11 is 0. The maximum Gasteiger partial charge on any atom is 0.291 e. The standard InChI is InChI=1S/C24H28N4O2/c1-3-30-21-15-13-20(14-16-21)28-23(18-11-9-17(2)10-12-18)26-22(27-28)24(29)25-19-7-5-4-6-8-19/h9-16,19H,3-8H2,1-2H3,(H,25,29). The van der Waals surface area contributed by atoms with Crippen molar-refractivity contribution < 1.29 is 9.53 Å². The first-order valence-electron chi connectivity index (χ1n) is 10.7. The monoisotopic (exact) mass is 404 g/mol. The van der Waals surface area contributed by atoms with E-state index in [0.29, 0.717) is 12.4 Å². The number of rotatable bonds is 6. The Morgan fingerprint density at radius 1 is 1.07 bits per heavy atom. The number of aromatic nitrogens is 3. The molecule has 6 nitrogen and oxygen atoms in total. The Morgan fingerprint density at radius 2 is 1.77 bits per heavy atom. The van der Waals surface area contributed by atoms with E-state index in [-0.39, 0.29) is 17.8 Å². The lowest BCUT2D eigenvalue weighted by molar-refractivity contribution is 0.0917. The second-order valence-corrected chi connectivity index (χ2v) is 7.77. The quantitative estimate of drug-likeness (QED) is 0.646. The van der Waals surface area contributed by atoms with Crippen molar-refractivity contribution in [2.45, 2.75) is 52.0 Å². The van der Waals surface area contributed by atoms with Crippen LogP contribution >= 0.6 is 0 Å². The summed E-state index contributed by atoms with van der Waals surface area (Å²) in [5, 5.41) is 7.69. The molecule has 0 aliphatic heterocycles. The molecule has 0 spiro atoms.